The molecule has 5 rings (SSSR count). The number of fused-ring (bicyclic) bond motifs is 1. The molecule has 0 spiro atoms. The van der Waals surface area contributed by atoms with E-state index >= 15 is 0 Å². The number of sulfone groups is 1. The van der Waals surface area contributed by atoms with E-state index in [9.17, 15) is 8.42 Å². The van der Waals surface area contributed by atoms with E-state index in [4.69, 9.17) is 4.98 Å². The van der Waals surface area contributed by atoms with E-state index in [0.717, 1.165) is 30.9 Å². The Balaban J connectivity index is 1.57. The number of thiophene rings is 1. The summed E-state index contributed by atoms with van der Waals surface area (Å²) in [6, 6.07) is 17.6. The zero-order valence-corrected chi connectivity index (χ0v) is 22.3. The molecule has 0 radical (unpaired) electrons. The summed E-state index contributed by atoms with van der Waals surface area (Å²) in [4.78, 5) is 6.02. The molecular formula is C24H22N4O2S4. The highest BCUT2D eigenvalue weighted by Gasteiger charge is 2.20. The van der Waals surface area contributed by atoms with E-state index in [1.54, 1.807) is 29.5 Å². The van der Waals surface area contributed by atoms with Crippen molar-refractivity contribution < 1.29 is 8.42 Å². The highest BCUT2D eigenvalue weighted by Crippen LogP contribution is 2.38. The number of nitrogens with zero attached hydrogens (tertiary/aromatic N) is 4. The molecule has 0 saturated carbocycles. The first-order valence-corrected chi connectivity index (χ1v) is 14.9. The summed E-state index contributed by atoms with van der Waals surface area (Å²) in [5.41, 5.74) is 3.05. The Bertz CT molecular complexity index is 1580. The smallest absolute Gasteiger partial charge is 0.203 e. The van der Waals surface area contributed by atoms with Crippen LogP contribution in [0.2, 0.25) is 0 Å². The van der Waals surface area contributed by atoms with Gasteiger partial charge < -0.3 is 0 Å². The van der Waals surface area contributed by atoms with Crippen molar-refractivity contribution in [1.29, 1.82) is 0 Å². The van der Waals surface area contributed by atoms with E-state index in [2.05, 4.69) is 59.8 Å². The summed E-state index contributed by atoms with van der Waals surface area (Å²) in [6.07, 6.45) is 1.21. The van der Waals surface area contributed by atoms with Crippen LogP contribution in [0.1, 0.15) is 26.3 Å². The molecule has 5 aromatic rings. The summed E-state index contributed by atoms with van der Waals surface area (Å²) in [5, 5.41) is 11.7. The van der Waals surface area contributed by atoms with Crippen molar-refractivity contribution in [3.05, 3.63) is 65.5 Å². The Labute approximate surface area is 210 Å². The van der Waals surface area contributed by atoms with E-state index in [0.29, 0.717) is 10.1 Å². The lowest BCUT2D eigenvalue weighted by atomic mass is 9.87. The lowest BCUT2D eigenvalue weighted by molar-refractivity contribution is 0.590. The molecule has 0 saturated heterocycles. The molecule has 0 aliphatic rings. The molecule has 2 aromatic carbocycles. The predicted octanol–water partition coefficient (Wildman–Crippen LogP) is 6.46. The molecule has 0 amide bonds. The summed E-state index contributed by atoms with van der Waals surface area (Å²) in [7, 11) is -3.28. The maximum Gasteiger partial charge on any atom is 0.203 e. The molecule has 10 heteroatoms. The van der Waals surface area contributed by atoms with Gasteiger partial charge in [0.25, 0.3) is 0 Å². The zero-order valence-electron chi connectivity index (χ0n) is 19.0. The summed E-state index contributed by atoms with van der Waals surface area (Å²) in [6.45, 7) is 6.59. The number of hydrogen-bond donors (Lipinski definition) is 0. The molecule has 174 valence electrons. The van der Waals surface area contributed by atoms with Crippen molar-refractivity contribution in [2.45, 2.75) is 40.6 Å². The van der Waals surface area contributed by atoms with Gasteiger partial charge in [-0.05, 0) is 64.5 Å². The Kier molecular flexibility index (Phi) is 5.87. The Morgan fingerprint density at radius 3 is 2.41 bits per heavy atom. The maximum atomic E-state index is 11.9. The second-order valence-electron chi connectivity index (χ2n) is 8.90. The molecule has 0 fully saturated rings. The first kappa shape index (κ1) is 23.2. The van der Waals surface area contributed by atoms with Gasteiger partial charge in [0.15, 0.2) is 20.0 Å². The van der Waals surface area contributed by atoms with Gasteiger partial charge in [-0.1, -0.05) is 39.0 Å². The maximum absolute atomic E-state index is 11.9. The number of hydrogen-bond acceptors (Lipinski definition) is 8. The third kappa shape index (κ3) is 4.55. The molecule has 0 unspecified atom stereocenters. The fourth-order valence-electron chi connectivity index (χ4n) is 3.48. The van der Waals surface area contributed by atoms with Gasteiger partial charge in [0, 0.05) is 11.9 Å². The first-order chi connectivity index (χ1) is 16.1. The Hall–Kier alpha value is -2.53. The second-order valence-corrected chi connectivity index (χ2v) is 14.1. The summed E-state index contributed by atoms with van der Waals surface area (Å²) >= 11 is 4.49. The molecule has 6 nitrogen and oxygen atoms in total. The minimum Gasteiger partial charge on any atom is -0.269 e. The largest absolute Gasteiger partial charge is 0.269 e. The zero-order chi connectivity index (χ0) is 24.1. The highest BCUT2D eigenvalue weighted by atomic mass is 32.2. The van der Waals surface area contributed by atoms with Gasteiger partial charge in [-0.2, -0.15) is 0 Å². The Morgan fingerprint density at radius 1 is 1.00 bits per heavy atom. The lowest BCUT2D eigenvalue weighted by Crippen LogP contribution is -2.11. The lowest BCUT2D eigenvalue weighted by Gasteiger charge is -2.19. The van der Waals surface area contributed by atoms with E-state index in [1.807, 2.05) is 17.5 Å². The standard InChI is InChI=1S/C24H22N4O2S4/c1-24(2,3)15-7-9-16(10-8-15)28-21(19-6-5-13-31-19)26-27-22(28)33-23-25-18-12-11-17(34(4,29)30)14-20(18)32-23/h5-14H,1-4H3. The highest BCUT2D eigenvalue weighted by molar-refractivity contribution is 8.01. The van der Waals surface area contributed by atoms with Crippen LogP contribution < -0.4 is 0 Å². The monoisotopic (exact) mass is 526 g/mol. The molecular weight excluding hydrogens is 505 g/mol. The third-order valence-electron chi connectivity index (χ3n) is 5.31. The Morgan fingerprint density at radius 2 is 1.76 bits per heavy atom. The fourth-order valence-corrected chi connectivity index (χ4v) is 6.96. The molecule has 0 N–H and O–H groups in total. The number of rotatable bonds is 5. The van der Waals surface area contributed by atoms with Gasteiger partial charge in [-0.15, -0.1) is 32.9 Å². The van der Waals surface area contributed by atoms with Gasteiger partial charge in [0.1, 0.15) is 0 Å². The molecule has 3 heterocycles. The van der Waals surface area contributed by atoms with Crippen LogP contribution in [0.3, 0.4) is 0 Å². The third-order valence-corrected chi connectivity index (χ3v) is 9.32. The minimum absolute atomic E-state index is 0.0612. The van der Waals surface area contributed by atoms with Crippen LogP contribution in [0.15, 0.2) is 74.4 Å². The number of benzene rings is 2. The molecule has 0 aliphatic heterocycles. The minimum atomic E-state index is -3.28. The number of aromatic nitrogens is 4. The van der Waals surface area contributed by atoms with Crippen LogP contribution in [0.25, 0.3) is 26.6 Å². The average Bonchev–Trinajstić information content (AvgIpc) is 3.51. The SMILES string of the molecule is CC(C)(C)c1ccc(-n2c(Sc3nc4ccc(S(C)(=O)=O)cc4s3)nnc2-c2cccs2)cc1. The summed E-state index contributed by atoms with van der Waals surface area (Å²) in [5.74, 6) is 0.779. The van der Waals surface area contributed by atoms with Gasteiger partial charge in [-0.25, -0.2) is 13.4 Å². The van der Waals surface area contributed by atoms with E-state index in [-0.39, 0.29) is 5.41 Å². The van der Waals surface area contributed by atoms with Crippen LogP contribution in [-0.2, 0) is 15.3 Å². The van der Waals surface area contributed by atoms with Gasteiger partial charge in [-0.3, -0.25) is 4.57 Å². The predicted molar refractivity (Wildman–Crippen MR) is 140 cm³/mol. The van der Waals surface area contributed by atoms with Crippen molar-refractivity contribution >= 4 is 54.5 Å². The number of thiazole rings is 1. The van der Waals surface area contributed by atoms with Gasteiger partial charge in [0.05, 0.1) is 20.0 Å². The molecule has 0 atom stereocenters. The summed E-state index contributed by atoms with van der Waals surface area (Å²) < 4.78 is 27.5. The quantitative estimate of drug-likeness (QED) is 0.262. The van der Waals surface area contributed by atoms with Crippen molar-refractivity contribution in [1.82, 2.24) is 19.7 Å². The second kappa shape index (κ2) is 8.60. The average molecular weight is 527 g/mol. The van der Waals surface area contributed by atoms with Crippen molar-refractivity contribution in [3.63, 3.8) is 0 Å². The first-order valence-electron chi connectivity index (χ1n) is 10.5. The van der Waals surface area contributed by atoms with Crippen LogP contribution in [0.4, 0.5) is 0 Å². The van der Waals surface area contributed by atoms with Crippen LogP contribution in [0.5, 0.6) is 0 Å². The molecule has 0 bridgehead atoms. The van der Waals surface area contributed by atoms with Crippen LogP contribution >= 0.6 is 34.4 Å². The van der Waals surface area contributed by atoms with Crippen molar-refractivity contribution in [2.24, 2.45) is 0 Å². The molecule has 3 aromatic heterocycles. The van der Waals surface area contributed by atoms with E-state index < -0.39 is 9.84 Å². The topological polar surface area (TPSA) is 77.7 Å². The molecule has 0 aliphatic carbocycles. The van der Waals surface area contributed by atoms with Crippen LogP contribution in [0, 0.1) is 0 Å². The van der Waals surface area contributed by atoms with Crippen molar-refractivity contribution in [3.8, 4) is 16.4 Å². The van der Waals surface area contributed by atoms with Gasteiger partial charge in [0.2, 0.25) is 5.16 Å². The molecule has 34 heavy (non-hydrogen) atoms. The van der Waals surface area contributed by atoms with Crippen molar-refractivity contribution in [2.75, 3.05) is 6.26 Å². The fraction of sp³-hybridized carbons (Fsp3) is 0.208. The van der Waals surface area contributed by atoms with E-state index in [1.165, 1.54) is 34.9 Å². The van der Waals surface area contributed by atoms with Gasteiger partial charge >= 0.3 is 0 Å². The van der Waals surface area contributed by atoms with Crippen LogP contribution in [-0.4, -0.2) is 34.4 Å². The normalized spacial score (nSPS) is 12.5.